The van der Waals surface area contributed by atoms with Gasteiger partial charge in [0.05, 0.1) is 5.69 Å². The average molecular weight is 416 g/mol. The average Bonchev–Trinajstić information content (AvgIpc) is 2.61. The predicted octanol–water partition coefficient (Wildman–Crippen LogP) is 4.37. The fourth-order valence-corrected chi connectivity index (χ4v) is 2.64. The van der Waals surface area contributed by atoms with E-state index in [4.69, 9.17) is 4.74 Å². The highest BCUT2D eigenvalue weighted by Gasteiger charge is 2.09. The largest absolute Gasteiger partial charge is 0.481 e. The Morgan fingerprint density at radius 3 is 2.85 bits per heavy atom. The van der Waals surface area contributed by atoms with E-state index >= 15 is 0 Å². The van der Waals surface area contributed by atoms with Crippen LogP contribution in [0.15, 0.2) is 59.2 Å². The molecule has 0 atom stereocenters. The van der Waals surface area contributed by atoms with E-state index < -0.39 is 5.82 Å². The van der Waals surface area contributed by atoms with Crippen LogP contribution < -0.4 is 10.1 Å². The number of rotatable bonds is 5. The monoisotopic (exact) mass is 415 g/mol. The number of nitrogens with one attached hydrogen (secondary N) is 1. The highest BCUT2D eigenvalue weighted by molar-refractivity contribution is 9.10. The fourth-order valence-electron chi connectivity index (χ4n) is 2.31. The molecule has 0 saturated heterocycles. The van der Waals surface area contributed by atoms with Crippen molar-refractivity contribution in [1.82, 2.24) is 9.97 Å². The zero-order chi connectivity index (χ0) is 18.5. The molecule has 0 aliphatic carbocycles. The SMILES string of the molecule is Cc1nccc(-c2cccc(NC(=O)COc3ccc(Br)cc3F)c2)n1. The first-order chi connectivity index (χ1) is 12.5. The second-order valence-electron chi connectivity index (χ2n) is 5.48. The summed E-state index contributed by atoms with van der Waals surface area (Å²) in [6.07, 6.45) is 1.68. The Morgan fingerprint density at radius 2 is 2.08 bits per heavy atom. The zero-order valence-electron chi connectivity index (χ0n) is 13.9. The van der Waals surface area contributed by atoms with Gasteiger partial charge >= 0.3 is 0 Å². The molecule has 1 N–H and O–H groups in total. The molecule has 1 aromatic heterocycles. The number of halogens is 2. The molecule has 0 spiro atoms. The van der Waals surface area contributed by atoms with Gasteiger partial charge in [-0.1, -0.05) is 28.1 Å². The molecule has 2 aromatic carbocycles. The van der Waals surface area contributed by atoms with Crippen LogP contribution in [0.5, 0.6) is 5.75 Å². The first-order valence-electron chi connectivity index (χ1n) is 7.79. The molecule has 26 heavy (non-hydrogen) atoms. The quantitative estimate of drug-likeness (QED) is 0.671. The molecule has 0 bridgehead atoms. The summed E-state index contributed by atoms with van der Waals surface area (Å²) >= 11 is 3.17. The lowest BCUT2D eigenvalue weighted by Crippen LogP contribution is -2.20. The van der Waals surface area contributed by atoms with Gasteiger partial charge in [0.1, 0.15) is 5.82 Å². The van der Waals surface area contributed by atoms with Crippen LogP contribution in [0.1, 0.15) is 5.82 Å². The van der Waals surface area contributed by atoms with Crippen molar-refractivity contribution < 1.29 is 13.9 Å². The number of anilines is 1. The summed E-state index contributed by atoms with van der Waals surface area (Å²) in [6, 6.07) is 13.5. The minimum absolute atomic E-state index is 0.0218. The molecule has 3 aromatic rings. The lowest BCUT2D eigenvalue weighted by atomic mass is 10.1. The maximum atomic E-state index is 13.7. The number of aromatic nitrogens is 2. The van der Waals surface area contributed by atoms with Gasteiger partial charge in [0.15, 0.2) is 18.2 Å². The maximum absolute atomic E-state index is 13.7. The van der Waals surface area contributed by atoms with Gasteiger partial charge in [-0.25, -0.2) is 14.4 Å². The van der Waals surface area contributed by atoms with Crippen molar-refractivity contribution in [2.45, 2.75) is 6.92 Å². The number of ether oxygens (including phenoxy) is 1. The van der Waals surface area contributed by atoms with Crippen molar-refractivity contribution in [2.75, 3.05) is 11.9 Å². The van der Waals surface area contributed by atoms with Gasteiger partial charge < -0.3 is 10.1 Å². The lowest BCUT2D eigenvalue weighted by Gasteiger charge is -2.09. The van der Waals surface area contributed by atoms with Gasteiger partial charge in [0, 0.05) is 21.9 Å². The van der Waals surface area contributed by atoms with E-state index in [0.717, 1.165) is 11.3 Å². The summed E-state index contributed by atoms with van der Waals surface area (Å²) < 4.78 is 19.5. The topological polar surface area (TPSA) is 64.1 Å². The Balaban J connectivity index is 1.65. The molecule has 0 aliphatic rings. The van der Waals surface area contributed by atoms with Gasteiger partial charge in [-0.2, -0.15) is 0 Å². The summed E-state index contributed by atoms with van der Waals surface area (Å²) in [7, 11) is 0. The van der Waals surface area contributed by atoms with E-state index in [1.807, 2.05) is 19.1 Å². The van der Waals surface area contributed by atoms with Crippen LogP contribution >= 0.6 is 15.9 Å². The number of nitrogens with zero attached hydrogens (tertiary/aromatic N) is 2. The second-order valence-corrected chi connectivity index (χ2v) is 6.40. The van der Waals surface area contributed by atoms with Crippen LogP contribution in [0.4, 0.5) is 10.1 Å². The fraction of sp³-hybridized carbons (Fsp3) is 0.105. The van der Waals surface area contributed by atoms with Crippen LogP contribution in [0.3, 0.4) is 0 Å². The Hall–Kier alpha value is -2.80. The van der Waals surface area contributed by atoms with Crippen LogP contribution in [-0.2, 0) is 4.79 Å². The number of benzene rings is 2. The first-order valence-corrected chi connectivity index (χ1v) is 8.58. The third kappa shape index (κ3) is 4.64. The number of hydrogen-bond donors (Lipinski definition) is 1. The summed E-state index contributed by atoms with van der Waals surface area (Å²) in [5, 5.41) is 2.73. The van der Waals surface area contributed by atoms with Gasteiger partial charge in [-0.3, -0.25) is 4.79 Å². The van der Waals surface area contributed by atoms with Crippen molar-refractivity contribution in [3.8, 4) is 17.0 Å². The van der Waals surface area contributed by atoms with Crippen molar-refractivity contribution >= 4 is 27.5 Å². The molecule has 0 radical (unpaired) electrons. The van der Waals surface area contributed by atoms with Crippen molar-refractivity contribution in [3.05, 3.63) is 70.8 Å². The summed E-state index contributed by atoms with van der Waals surface area (Å²) in [4.78, 5) is 20.5. The highest BCUT2D eigenvalue weighted by atomic mass is 79.9. The lowest BCUT2D eigenvalue weighted by molar-refractivity contribution is -0.118. The number of amides is 1. The summed E-state index contributed by atoms with van der Waals surface area (Å²) in [6.45, 7) is 1.52. The Morgan fingerprint density at radius 1 is 1.23 bits per heavy atom. The van der Waals surface area contributed by atoms with Gasteiger partial charge in [0.2, 0.25) is 0 Å². The predicted molar refractivity (Wildman–Crippen MR) is 100 cm³/mol. The zero-order valence-corrected chi connectivity index (χ0v) is 15.5. The molecule has 0 unspecified atom stereocenters. The molecule has 1 amide bonds. The molecular formula is C19H15BrFN3O2. The molecule has 1 heterocycles. The third-order valence-corrected chi connectivity index (χ3v) is 3.96. The van der Waals surface area contributed by atoms with Gasteiger partial charge in [0.25, 0.3) is 5.91 Å². The summed E-state index contributed by atoms with van der Waals surface area (Å²) in [5.41, 5.74) is 2.22. The molecule has 5 nitrogen and oxygen atoms in total. The normalized spacial score (nSPS) is 10.4. The van der Waals surface area contributed by atoms with E-state index in [2.05, 4.69) is 31.2 Å². The Kier molecular flexibility index (Phi) is 5.58. The second kappa shape index (κ2) is 8.05. The first kappa shape index (κ1) is 18.0. The van der Waals surface area contributed by atoms with E-state index in [-0.39, 0.29) is 18.3 Å². The van der Waals surface area contributed by atoms with Gasteiger partial charge in [-0.05, 0) is 43.3 Å². The van der Waals surface area contributed by atoms with Crippen LogP contribution in [0.25, 0.3) is 11.3 Å². The maximum Gasteiger partial charge on any atom is 0.262 e. The van der Waals surface area contributed by atoms with E-state index in [9.17, 15) is 9.18 Å². The number of carbonyl (C=O) groups is 1. The van der Waals surface area contributed by atoms with Crippen LogP contribution in [-0.4, -0.2) is 22.5 Å². The Labute approximate surface area is 158 Å². The van der Waals surface area contributed by atoms with E-state index in [0.29, 0.717) is 16.0 Å². The van der Waals surface area contributed by atoms with Crippen LogP contribution in [0.2, 0.25) is 0 Å². The minimum atomic E-state index is -0.534. The molecule has 0 saturated carbocycles. The Bertz CT molecular complexity index is 950. The van der Waals surface area contributed by atoms with Crippen molar-refractivity contribution in [2.24, 2.45) is 0 Å². The number of aryl methyl sites for hydroxylation is 1. The van der Waals surface area contributed by atoms with E-state index in [1.54, 1.807) is 30.5 Å². The molecule has 132 valence electrons. The highest BCUT2D eigenvalue weighted by Crippen LogP contribution is 2.22. The third-order valence-electron chi connectivity index (χ3n) is 3.47. The van der Waals surface area contributed by atoms with Crippen LogP contribution in [0, 0.1) is 12.7 Å². The standard InChI is InChI=1S/C19H15BrFN3O2/c1-12-22-8-7-17(23-12)13-3-2-4-15(9-13)24-19(25)11-26-18-6-5-14(20)10-16(18)21/h2-10H,11H2,1H3,(H,24,25). The molecule has 7 heteroatoms. The molecule has 3 rings (SSSR count). The number of carbonyl (C=O) groups excluding carboxylic acids is 1. The summed E-state index contributed by atoms with van der Waals surface area (Å²) in [5.74, 6) is -0.230. The molecular weight excluding hydrogens is 401 g/mol. The number of hydrogen-bond acceptors (Lipinski definition) is 4. The minimum Gasteiger partial charge on any atom is -0.481 e. The molecule has 0 fully saturated rings. The van der Waals surface area contributed by atoms with Gasteiger partial charge in [-0.15, -0.1) is 0 Å². The molecule has 0 aliphatic heterocycles. The van der Waals surface area contributed by atoms with E-state index in [1.165, 1.54) is 12.1 Å². The smallest absolute Gasteiger partial charge is 0.262 e. The van der Waals surface area contributed by atoms with Crippen molar-refractivity contribution in [3.63, 3.8) is 0 Å². The van der Waals surface area contributed by atoms with Crippen molar-refractivity contribution in [1.29, 1.82) is 0 Å².